The Morgan fingerprint density at radius 2 is 2.00 bits per heavy atom. The van der Waals surface area contributed by atoms with Gasteiger partial charge >= 0.3 is 6.01 Å². The summed E-state index contributed by atoms with van der Waals surface area (Å²) in [5.74, 6) is -0.751. The van der Waals surface area contributed by atoms with Crippen LogP contribution in [0, 0.1) is 23.0 Å². The SMILES string of the molecule is N#Cc1c(N)sc2c(F)ccc(-c3c(Cl)cc4c(N5CCCCC6(CCCN6)C5)nc(OC[C@@]56CCCN5C[C@H](F)C6)nc4c3F)c12. The van der Waals surface area contributed by atoms with Crippen LogP contribution in [0.4, 0.5) is 24.0 Å². The number of hydrogen-bond donors (Lipinski definition) is 2. The Balaban J connectivity index is 1.29. The van der Waals surface area contributed by atoms with Gasteiger partial charge in [-0.3, -0.25) is 4.90 Å². The summed E-state index contributed by atoms with van der Waals surface area (Å²) < 4.78 is 53.0. The average Bonchev–Trinajstić information content (AvgIpc) is 3.78. The van der Waals surface area contributed by atoms with Crippen LogP contribution in [-0.2, 0) is 0 Å². The fourth-order valence-electron chi connectivity index (χ4n) is 8.56. The second-order valence-corrected chi connectivity index (χ2v) is 15.0. The summed E-state index contributed by atoms with van der Waals surface area (Å²) in [6.45, 7) is 3.76. The van der Waals surface area contributed by atoms with Gasteiger partial charge in [-0.1, -0.05) is 17.7 Å². The van der Waals surface area contributed by atoms with Crippen LogP contribution in [0.5, 0.6) is 6.01 Å². The van der Waals surface area contributed by atoms with Gasteiger partial charge in [-0.05, 0) is 75.7 Å². The largest absolute Gasteiger partial charge is 0.461 e. The number of alkyl halides is 1. The lowest BCUT2D eigenvalue weighted by Gasteiger charge is -2.34. The maximum absolute atomic E-state index is 17.1. The van der Waals surface area contributed by atoms with Crippen LogP contribution in [0.15, 0.2) is 18.2 Å². The van der Waals surface area contributed by atoms with Crippen molar-refractivity contribution >= 4 is 54.7 Å². The fraction of sp³-hybridized carbons (Fsp3) is 0.500. The Kier molecular flexibility index (Phi) is 7.67. The van der Waals surface area contributed by atoms with Crippen LogP contribution in [0.25, 0.3) is 32.1 Å². The van der Waals surface area contributed by atoms with Crippen molar-refractivity contribution < 1.29 is 17.9 Å². The lowest BCUT2D eigenvalue weighted by atomic mass is 9.91. The van der Waals surface area contributed by atoms with Crippen molar-refractivity contribution in [1.29, 1.82) is 5.26 Å². The zero-order chi connectivity index (χ0) is 32.5. The molecule has 0 aliphatic carbocycles. The molecule has 2 aromatic heterocycles. The highest BCUT2D eigenvalue weighted by atomic mass is 35.5. The van der Waals surface area contributed by atoms with Gasteiger partial charge < -0.3 is 20.7 Å². The molecule has 2 aromatic carbocycles. The molecule has 3 atom stereocenters. The monoisotopic (exact) mass is 681 g/mol. The number of nitrogens with two attached hydrogens (primary N) is 1. The van der Waals surface area contributed by atoms with Gasteiger partial charge in [0.05, 0.1) is 20.8 Å². The highest BCUT2D eigenvalue weighted by Crippen LogP contribution is 2.46. The van der Waals surface area contributed by atoms with E-state index in [2.05, 4.69) is 26.2 Å². The summed E-state index contributed by atoms with van der Waals surface area (Å²) in [5.41, 5.74) is 5.92. The number of halogens is 4. The number of fused-ring (bicyclic) bond motifs is 3. The Morgan fingerprint density at radius 1 is 1.15 bits per heavy atom. The minimum atomic E-state index is -0.918. The van der Waals surface area contributed by atoms with E-state index in [9.17, 15) is 14.0 Å². The number of anilines is 2. The van der Waals surface area contributed by atoms with E-state index in [0.717, 1.165) is 75.9 Å². The molecule has 47 heavy (non-hydrogen) atoms. The summed E-state index contributed by atoms with van der Waals surface area (Å²) in [6, 6.07) is 6.38. The number of nitrogen functional groups attached to an aromatic ring is 1. The van der Waals surface area contributed by atoms with Crippen molar-refractivity contribution in [3.8, 4) is 23.2 Å². The quantitative estimate of drug-likeness (QED) is 0.233. The number of nitrogens with one attached hydrogen (secondary N) is 1. The first kappa shape index (κ1) is 30.9. The van der Waals surface area contributed by atoms with Crippen LogP contribution >= 0.6 is 22.9 Å². The molecule has 246 valence electrons. The van der Waals surface area contributed by atoms with Gasteiger partial charge in [-0.2, -0.15) is 15.2 Å². The Labute approximate surface area is 279 Å². The Hall–Kier alpha value is -3.37. The standard InChI is InChI=1S/C34H35ClF3N7OS/c35-23-13-21-28(27(38)26(23)20-5-6-24(37)29-25(20)22(15-39)30(40)47-29)42-32(46-18-34-9-4-12-45(34)16-19(36)14-34)43-31(21)44-11-2-1-7-33(17-44)8-3-10-41-33/h5-6,13,19,41H,1-4,7-12,14,16-18,40H2/t19-,33?,34+/m1/s1. The predicted molar refractivity (Wildman–Crippen MR) is 179 cm³/mol. The Morgan fingerprint density at radius 3 is 2.81 bits per heavy atom. The lowest BCUT2D eigenvalue weighted by molar-refractivity contribution is 0.107. The Bertz CT molecular complexity index is 1940. The van der Waals surface area contributed by atoms with E-state index in [1.165, 1.54) is 12.1 Å². The first-order valence-electron chi connectivity index (χ1n) is 16.3. The summed E-state index contributed by atoms with van der Waals surface area (Å²) in [4.78, 5) is 13.9. The van der Waals surface area contributed by atoms with E-state index >= 15 is 4.39 Å². The average molecular weight is 682 g/mol. The van der Waals surface area contributed by atoms with Gasteiger partial charge in [-0.15, -0.1) is 11.3 Å². The maximum Gasteiger partial charge on any atom is 0.319 e. The van der Waals surface area contributed by atoms with Crippen LogP contribution in [0.1, 0.15) is 56.9 Å². The molecule has 4 aliphatic heterocycles. The second kappa shape index (κ2) is 11.7. The highest BCUT2D eigenvalue weighted by Gasteiger charge is 2.49. The maximum atomic E-state index is 17.1. The summed E-state index contributed by atoms with van der Waals surface area (Å²) in [7, 11) is 0. The molecule has 3 N–H and O–H groups in total. The molecule has 1 spiro atoms. The molecule has 0 radical (unpaired) electrons. The van der Waals surface area contributed by atoms with Gasteiger partial charge in [0.1, 0.15) is 41.0 Å². The molecule has 4 aliphatic rings. The van der Waals surface area contributed by atoms with Crippen molar-refractivity contribution in [2.75, 3.05) is 50.0 Å². The van der Waals surface area contributed by atoms with Crippen molar-refractivity contribution in [3.63, 3.8) is 0 Å². The minimum Gasteiger partial charge on any atom is -0.461 e. The zero-order valence-corrected chi connectivity index (χ0v) is 27.4. The summed E-state index contributed by atoms with van der Waals surface area (Å²) >= 11 is 7.85. The molecule has 8 nitrogen and oxygen atoms in total. The number of benzene rings is 2. The molecular formula is C34H35ClF3N7OS. The number of nitrogens with zero attached hydrogens (tertiary/aromatic N) is 5. The first-order valence-corrected chi connectivity index (χ1v) is 17.5. The van der Waals surface area contributed by atoms with Crippen molar-refractivity contribution in [2.45, 2.75) is 68.6 Å². The van der Waals surface area contributed by atoms with E-state index in [1.54, 1.807) is 6.07 Å². The van der Waals surface area contributed by atoms with Crippen LogP contribution in [0.2, 0.25) is 5.02 Å². The third-order valence-electron chi connectivity index (χ3n) is 10.7. The van der Waals surface area contributed by atoms with Gasteiger partial charge in [0.15, 0.2) is 5.82 Å². The highest BCUT2D eigenvalue weighted by molar-refractivity contribution is 7.23. The number of thiophene rings is 1. The predicted octanol–water partition coefficient (Wildman–Crippen LogP) is 6.96. The van der Waals surface area contributed by atoms with E-state index in [-0.39, 0.29) is 60.5 Å². The van der Waals surface area contributed by atoms with E-state index in [0.29, 0.717) is 30.7 Å². The third kappa shape index (κ3) is 5.09. The van der Waals surface area contributed by atoms with Gasteiger partial charge in [0.25, 0.3) is 0 Å². The molecule has 1 unspecified atom stereocenters. The zero-order valence-electron chi connectivity index (χ0n) is 25.9. The van der Waals surface area contributed by atoms with Crippen LogP contribution in [-0.4, -0.2) is 71.4 Å². The van der Waals surface area contributed by atoms with Crippen molar-refractivity contribution in [3.05, 3.63) is 40.4 Å². The lowest BCUT2D eigenvalue weighted by Crippen LogP contribution is -2.49. The molecule has 13 heteroatoms. The van der Waals surface area contributed by atoms with Crippen LogP contribution in [0.3, 0.4) is 0 Å². The smallest absolute Gasteiger partial charge is 0.319 e. The number of aromatic nitrogens is 2. The third-order valence-corrected chi connectivity index (χ3v) is 12.1. The van der Waals surface area contributed by atoms with E-state index in [4.69, 9.17) is 27.1 Å². The first-order chi connectivity index (χ1) is 22.7. The summed E-state index contributed by atoms with van der Waals surface area (Å²) in [6.07, 6.45) is 6.42. The molecule has 4 fully saturated rings. The van der Waals surface area contributed by atoms with Crippen molar-refractivity contribution in [1.82, 2.24) is 20.2 Å². The van der Waals surface area contributed by atoms with Gasteiger partial charge in [-0.25, -0.2) is 13.2 Å². The molecule has 0 amide bonds. The molecule has 0 saturated carbocycles. The topological polar surface area (TPSA) is 103 Å². The van der Waals surface area contributed by atoms with Crippen LogP contribution < -0.4 is 20.7 Å². The molecule has 0 bridgehead atoms. The number of hydrogen-bond acceptors (Lipinski definition) is 9. The fourth-order valence-corrected chi connectivity index (χ4v) is 9.80. The molecule has 4 saturated heterocycles. The van der Waals surface area contributed by atoms with Gasteiger partial charge in [0, 0.05) is 47.9 Å². The van der Waals surface area contributed by atoms with E-state index in [1.807, 2.05) is 0 Å². The number of ether oxygens (including phenoxy) is 1. The molecule has 6 heterocycles. The molecule has 4 aromatic rings. The van der Waals surface area contributed by atoms with E-state index < -0.39 is 23.3 Å². The minimum absolute atomic E-state index is 0.00418. The number of rotatable bonds is 5. The molecular weight excluding hydrogens is 647 g/mol. The normalized spacial score (nSPS) is 26.4. The van der Waals surface area contributed by atoms with Crippen molar-refractivity contribution in [2.24, 2.45) is 0 Å². The van der Waals surface area contributed by atoms with Gasteiger partial charge in [0.2, 0.25) is 0 Å². The second-order valence-electron chi connectivity index (χ2n) is 13.6. The number of nitriles is 1. The molecule has 8 rings (SSSR count). The summed E-state index contributed by atoms with van der Waals surface area (Å²) in [5, 5.41) is 14.5.